The number of nitrogens with zero attached hydrogens (tertiary/aromatic N) is 1. The van der Waals surface area contributed by atoms with Crippen molar-refractivity contribution in [2.75, 3.05) is 26.8 Å². The number of hydrogen-bond acceptors (Lipinski definition) is 2. The highest BCUT2D eigenvalue weighted by molar-refractivity contribution is 5.94. The Kier molecular flexibility index (Phi) is 7.01. The number of methoxy groups -OCH3 is 1. The van der Waals surface area contributed by atoms with Crippen LogP contribution in [0.2, 0.25) is 0 Å². The van der Waals surface area contributed by atoms with Gasteiger partial charge in [-0.1, -0.05) is 30.3 Å². The second kappa shape index (κ2) is 9.22. The molecule has 0 aliphatic heterocycles. The van der Waals surface area contributed by atoms with Crippen LogP contribution in [0, 0.1) is 17.5 Å². The van der Waals surface area contributed by atoms with Crippen molar-refractivity contribution in [2.45, 2.75) is 12.8 Å². The molecule has 0 radical (unpaired) electrons. The van der Waals surface area contributed by atoms with Crippen molar-refractivity contribution < 1.29 is 22.7 Å². The lowest BCUT2D eigenvalue weighted by Gasteiger charge is -2.22. The second-order valence-electron chi connectivity index (χ2n) is 5.63. The smallest absolute Gasteiger partial charge is 0.254 e. The van der Waals surface area contributed by atoms with Gasteiger partial charge in [0.15, 0.2) is 17.5 Å². The van der Waals surface area contributed by atoms with Crippen molar-refractivity contribution in [1.29, 1.82) is 0 Å². The number of carbonyl (C=O) groups is 1. The van der Waals surface area contributed by atoms with Crippen molar-refractivity contribution in [3.05, 3.63) is 71.0 Å². The van der Waals surface area contributed by atoms with Crippen molar-refractivity contribution >= 4 is 5.91 Å². The first-order chi connectivity index (χ1) is 12.0. The summed E-state index contributed by atoms with van der Waals surface area (Å²) in [6, 6.07) is 11.2. The van der Waals surface area contributed by atoms with Gasteiger partial charge in [0.2, 0.25) is 0 Å². The normalized spacial score (nSPS) is 10.7. The summed E-state index contributed by atoms with van der Waals surface area (Å²) in [5.41, 5.74) is 0.924. The average molecular weight is 351 g/mol. The Morgan fingerprint density at radius 2 is 1.68 bits per heavy atom. The molecule has 0 aromatic heterocycles. The molecule has 3 nitrogen and oxygen atoms in total. The Hall–Kier alpha value is -2.34. The predicted molar refractivity (Wildman–Crippen MR) is 88.9 cm³/mol. The van der Waals surface area contributed by atoms with Gasteiger partial charge in [-0.15, -0.1) is 0 Å². The zero-order valence-corrected chi connectivity index (χ0v) is 14.0. The Bertz CT molecular complexity index is 684. The van der Waals surface area contributed by atoms with Gasteiger partial charge in [-0.2, -0.15) is 0 Å². The summed E-state index contributed by atoms with van der Waals surface area (Å²) in [6.45, 7) is 0.978. The van der Waals surface area contributed by atoms with Gasteiger partial charge >= 0.3 is 0 Å². The lowest BCUT2D eigenvalue weighted by Crippen LogP contribution is -2.35. The first-order valence-electron chi connectivity index (χ1n) is 7.99. The molecule has 25 heavy (non-hydrogen) atoms. The minimum Gasteiger partial charge on any atom is -0.383 e. The fourth-order valence-electron chi connectivity index (χ4n) is 2.50. The highest BCUT2D eigenvalue weighted by atomic mass is 19.2. The Labute approximate surface area is 145 Å². The largest absolute Gasteiger partial charge is 0.383 e. The molecule has 0 aliphatic carbocycles. The van der Waals surface area contributed by atoms with Crippen molar-refractivity contribution in [2.24, 2.45) is 0 Å². The number of ether oxygens (including phenoxy) is 1. The standard InChI is InChI=1S/C19H20F3NO2/c1-25-11-10-23(9-5-8-14-6-3-2-4-7-14)19(24)15-12-16(20)18(22)17(21)13-15/h2-4,6-7,12-13H,5,8-11H2,1H3. The first-order valence-corrected chi connectivity index (χ1v) is 7.99. The summed E-state index contributed by atoms with van der Waals surface area (Å²) in [5, 5.41) is 0. The molecule has 0 saturated heterocycles. The van der Waals surface area contributed by atoms with Crippen LogP contribution < -0.4 is 0 Å². The summed E-state index contributed by atoms with van der Waals surface area (Å²) in [7, 11) is 1.50. The molecule has 2 aromatic carbocycles. The molecule has 6 heteroatoms. The molecule has 0 saturated carbocycles. The average Bonchev–Trinajstić information content (AvgIpc) is 2.62. The third-order valence-electron chi connectivity index (χ3n) is 3.82. The van der Waals surface area contributed by atoms with Crippen LogP contribution >= 0.6 is 0 Å². The van der Waals surface area contributed by atoms with Gasteiger partial charge in [-0.3, -0.25) is 4.79 Å². The molecule has 2 rings (SSSR count). The summed E-state index contributed by atoms with van der Waals surface area (Å²) in [5.74, 6) is -4.88. The van der Waals surface area contributed by atoms with Crippen molar-refractivity contribution in [3.8, 4) is 0 Å². The molecule has 134 valence electrons. The molecule has 1 amide bonds. The van der Waals surface area contributed by atoms with E-state index in [0.717, 1.165) is 24.1 Å². The quantitative estimate of drug-likeness (QED) is 0.677. The van der Waals surface area contributed by atoms with E-state index in [2.05, 4.69) is 0 Å². The first kappa shape index (κ1) is 19.0. The predicted octanol–water partition coefficient (Wildman–Crippen LogP) is 3.83. The number of rotatable bonds is 8. The zero-order chi connectivity index (χ0) is 18.2. The maximum atomic E-state index is 13.4. The van der Waals surface area contributed by atoms with E-state index in [-0.39, 0.29) is 12.1 Å². The third-order valence-corrected chi connectivity index (χ3v) is 3.82. The third kappa shape index (κ3) is 5.32. The Morgan fingerprint density at radius 1 is 1.04 bits per heavy atom. The van der Waals surface area contributed by atoms with Crippen molar-refractivity contribution in [1.82, 2.24) is 4.90 Å². The van der Waals surface area contributed by atoms with E-state index in [4.69, 9.17) is 4.74 Å². The lowest BCUT2D eigenvalue weighted by atomic mass is 10.1. The van der Waals surface area contributed by atoms with Crippen LogP contribution in [0.15, 0.2) is 42.5 Å². The lowest BCUT2D eigenvalue weighted by molar-refractivity contribution is 0.0692. The SMILES string of the molecule is COCCN(CCCc1ccccc1)C(=O)c1cc(F)c(F)c(F)c1. The Balaban J connectivity index is 2.06. The van der Waals surface area contributed by atoms with Crippen LogP contribution in [0.3, 0.4) is 0 Å². The number of hydrogen-bond donors (Lipinski definition) is 0. The zero-order valence-electron chi connectivity index (χ0n) is 14.0. The topological polar surface area (TPSA) is 29.5 Å². The van der Waals surface area contributed by atoms with Gasteiger partial charge < -0.3 is 9.64 Å². The van der Waals surface area contributed by atoms with Crippen LogP contribution in [0.5, 0.6) is 0 Å². The van der Waals surface area contributed by atoms with E-state index in [1.165, 1.54) is 12.0 Å². The minimum absolute atomic E-state index is 0.216. The minimum atomic E-state index is -1.58. The van der Waals surface area contributed by atoms with Gasteiger partial charge in [0.25, 0.3) is 5.91 Å². The summed E-state index contributed by atoms with van der Waals surface area (Å²) in [6.07, 6.45) is 1.45. The van der Waals surface area contributed by atoms with Gasteiger partial charge in [0.05, 0.1) is 6.61 Å². The molecule has 0 heterocycles. The molecule has 0 bridgehead atoms. The second-order valence-corrected chi connectivity index (χ2v) is 5.63. The highest BCUT2D eigenvalue weighted by Crippen LogP contribution is 2.16. The molecule has 0 atom stereocenters. The van der Waals surface area contributed by atoms with Crippen LogP contribution in [0.4, 0.5) is 13.2 Å². The van der Waals surface area contributed by atoms with Gasteiger partial charge in [-0.05, 0) is 30.5 Å². The van der Waals surface area contributed by atoms with E-state index in [9.17, 15) is 18.0 Å². The number of carbonyl (C=O) groups excluding carboxylic acids is 1. The molecular weight excluding hydrogens is 331 g/mol. The fourth-order valence-corrected chi connectivity index (χ4v) is 2.50. The molecule has 0 spiro atoms. The molecule has 0 fully saturated rings. The highest BCUT2D eigenvalue weighted by Gasteiger charge is 2.20. The van der Waals surface area contributed by atoms with Gasteiger partial charge in [-0.25, -0.2) is 13.2 Å². The Morgan fingerprint density at radius 3 is 2.28 bits per heavy atom. The van der Waals surface area contributed by atoms with Crippen LogP contribution in [-0.2, 0) is 11.2 Å². The van der Waals surface area contributed by atoms with E-state index < -0.39 is 23.4 Å². The number of amides is 1. The van der Waals surface area contributed by atoms with Crippen LogP contribution in [0.25, 0.3) is 0 Å². The number of aryl methyl sites for hydroxylation is 1. The molecule has 0 aliphatic rings. The summed E-state index contributed by atoms with van der Waals surface area (Å²) < 4.78 is 44.8. The number of halogens is 3. The van der Waals surface area contributed by atoms with Gasteiger partial charge in [0, 0.05) is 25.8 Å². The van der Waals surface area contributed by atoms with Crippen molar-refractivity contribution in [3.63, 3.8) is 0 Å². The number of benzene rings is 2. The fraction of sp³-hybridized carbons (Fsp3) is 0.316. The maximum Gasteiger partial charge on any atom is 0.254 e. The molecular formula is C19H20F3NO2. The van der Waals surface area contributed by atoms with Crippen LogP contribution in [-0.4, -0.2) is 37.6 Å². The molecule has 0 N–H and O–H groups in total. The molecule has 2 aromatic rings. The van der Waals surface area contributed by atoms with Gasteiger partial charge in [0.1, 0.15) is 0 Å². The monoisotopic (exact) mass is 351 g/mol. The van der Waals surface area contributed by atoms with E-state index >= 15 is 0 Å². The summed E-state index contributed by atoms with van der Waals surface area (Å²) >= 11 is 0. The van der Waals surface area contributed by atoms with E-state index in [1.807, 2.05) is 30.3 Å². The van der Waals surface area contributed by atoms with E-state index in [0.29, 0.717) is 19.6 Å². The summed E-state index contributed by atoms with van der Waals surface area (Å²) in [4.78, 5) is 14.0. The maximum absolute atomic E-state index is 13.4. The van der Waals surface area contributed by atoms with E-state index in [1.54, 1.807) is 0 Å². The van der Waals surface area contributed by atoms with Crippen LogP contribution in [0.1, 0.15) is 22.3 Å². The molecule has 0 unspecified atom stereocenters.